The van der Waals surface area contributed by atoms with Crippen molar-refractivity contribution in [3.8, 4) is 10.4 Å². The highest BCUT2D eigenvalue weighted by Gasteiger charge is 2.25. The molecular weight excluding hydrogens is 444 g/mol. The lowest BCUT2D eigenvalue weighted by atomic mass is 10.1. The topological polar surface area (TPSA) is 79.3 Å². The third-order valence-electron chi connectivity index (χ3n) is 5.51. The molecule has 0 bridgehead atoms. The van der Waals surface area contributed by atoms with Crippen molar-refractivity contribution in [2.45, 2.75) is 31.7 Å². The molecular formula is C28H26N2O3S. The molecule has 4 rings (SSSR count). The molecule has 0 radical (unpaired) electrons. The summed E-state index contributed by atoms with van der Waals surface area (Å²) < 4.78 is 0. The molecule has 1 aromatic heterocycles. The molecule has 1 heterocycles. The Hall–Kier alpha value is -3.77. The second kappa shape index (κ2) is 11.4. The summed E-state index contributed by atoms with van der Waals surface area (Å²) in [6.07, 6.45) is 2.49. The number of nitrogens with zero attached hydrogens (tertiary/aromatic N) is 1. The van der Waals surface area contributed by atoms with Gasteiger partial charge in [-0.05, 0) is 36.0 Å². The van der Waals surface area contributed by atoms with Crippen LogP contribution >= 0.6 is 11.3 Å². The molecule has 6 heteroatoms. The number of aromatic nitrogens is 1. The molecule has 0 saturated heterocycles. The van der Waals surface area contributed by atoms with Crippen molar-refractivity contribution in [1.29, 1.82) is 0 Å². The van der Waals surface area contributed by atoms with Crippen LogP contribution in [0.5, 0.6) is 0 Å². The molecule has 172 valence electrons. The van der Waals surface area contributed by atoms with Gasteiger partial charge in [-0.3, -0.25) is 4.79 Å². The molecule has 34 heavy (non-hydrogen) atoms. The highest BCUT2D eigenvalue weighted by Crippen LogP contribution is 2.34. The molecule has 4 aromatic rings. The van der Waals surface area contributed by atoms with Crippen LogP contribution < -0.4 is 5.32 Å². The summed E-state index contributed by atoms with van der Waals surface area (Å²) in [7, 11) is 0. The summed E-state index contributed by atoms with van der Waals surface area (Å²) in [5.74, 6) is -1.14. The Labute approximate surface area is 203 Å². The predicted molar refractivity (Wildman–Crippen MR) is 135 cm³/mol. The lowest BCUT2D eigenvalue weighted by molar-refractivity contribution is -0.121. The quantitative estimate of drug-likeness (QED) is 0.301. The van der Waals surface area contributed by atoms with Crippen molar-refractivity contribution in [2.75, 3.05) is 0 Å². The van der Waals surface area contributed by atoms with E-state index in [0.717, 1.165) is 24.0 Å². The third-order valence-corrected chi connectivity index (χ3v) is 6.73. The molecule has 1 unspecified atom stereocenters. The fraction of sp³-hybridized carbons (Fsp3) is 0.179. The molecule has 0 spiro atoms. The van der Waals surface area contributed by atoms with Gasteiger partial charge in [-0.15, -0.1) is 11.3 Å². The number of benzene rings is 3. The van der Waals surface area contributed by atoms with Crippen LogP contribution in [0.1, 0.15) is 45.5 Å². The summed E-state index contributed by atoms with van der Waals surface area (Å²) in [6, 6.07) is 28.9. The van der Waals surface area contributed by atoms with Crippen LogP contribution in [0.3, 0.4) is 0 Å². The standard InChI is InChI=1S/C28H26N2O3S/c31-24(18-10-15-20-11-4-1-5-12-20)29-23(19-21-13-6-2-7-14-21)27-30-25(28(32)33)26(34-27)22-16-8-3-9-17-22/h1-9,11-14,16-17,23H,10,15,18-19H2,(H,29,31)(H,32,33). The van der Waals surface area contributed by atoms with Gasteiger partial charge in [-0.25, -0.2) is 9.78 Å². The van der Waals surface area contributed by atoms with E-state index < -0.39 is 12.0 Å². The van der Waals surface area contributed by atoms with Crippen molar-refractivity contribution < 1.29 is 14.7 Å². The number of carboxylic acid groups (broad SMARTS) is 1. The number of hydrogen-bond acceptors (Lipinski definition) is 4. The minimum Gasteiger partial charge on any atom is -0.476 e. The van der Waals surface area contributed by atoms with E-state index in [1.165, 1.54) is 16.9 Å². The summed E-state index contributed by atoms with van der Waals surface area (Å²) in [5.41, 5.74) is 3.07. The van der Waals surface area contributed by atoms with Crippen LogP contribution in [0.25, 0.3) is 10.4 Å². The predicted octanol–water partition coefficient (Wildman–Crippen LogP) is 5.93. The van der Waals surface area contributed by atoms with Gasteiger partial charge in [0.15, 0.2) is 5.69 Å². The first-order chi connectivity index (χ1) is 16.6. The van der Waals surface area contributed by atoms with Gasteiger partial charge in [0, 0.05) is 6.42 Å². The van der Waals surface area contributed by atoms with E-state index in [-0.39, 0.29) is 11.6 Å². The first kappa shape index (κ1) is 23.4. The second-order valence-corrected chi connectivity index (χ2v) is 9.08. The maximum absolute atomic E-state index is 12.9. The average Bonchev–Trinajstić information content (AvgIpc) is 3.32. The number of carboxylic acids is 1. The van der Waals surface area contributed by atoms with Gasteiger partial charge in [-0.1, -0.05) is 91.0 Å². The van der Waals surface area contributed by atoms with E-state index in [1.54, 1.807) is 0 Å². The molecule has 3 aromatic carbocycles. The fourth-order valence-corrected chi connectivity index (χ4v) is 4.94. The molecule has 0 fully saturated rings. The Kier molecular flexibility index (Phi) is 7.83. The van der Waals surface area contributed by atoms with Crippen LogP contribution in [0.2, 0.25) is 0 Å². The Bertz CT molecular complexity index is 1220. The van der Waals surface area contributed by atoms with Crippen molar-refractivity contribution in [1.82, 2.24) is 10.3 Å². The van der Waals surface area contributed by atoms with Gasteiger partial charge in [0.1, 0.15) is 5.01 Å². The lowest BCUT2D eigenvalue weighted by Gasteiger charge is -2.17. The van der Waals surface area contributed by atoms with Crippen molar-refractivity contribution in [2.24, 2.45) is 0 Å². The van der Waals surface area contributed by atoms with Gasteiger partial charge < -0.3 is 10.4 Å². The molecule has 0 aliphatic rings. The Morgan fingerprint density at radius 1 is 0.853 bits per heavy atom. The molecule has 1 amide bonds. The summed E-state index contributed by atoms with van der Waals surface area (Å²) in [4.78, 5) is 29.9. The van der Waals surface area contributed by atoms with E-state index in [1.807, 2.05) is 78.9 Å². The normalized spacial score (nSPS) is 11.6. The van der Waals surface area contributed by atoms with Crippen LogP contribution in [-0.4, -0.2) is 22.0 Å². The molecule has 1 atom stereocenters. The average molecular weight is 471 g/mol. The maximum atomic E-state index is 12.9. The smallest absolute Gasteiger partial charge is 0.356 e. The first-order valence-electron chi connectivity index (χ1n) is 11.3. The maximum Gasteiger partial charge on any atom is 0.356 e. The van der Waals surface area contributed by atoms with E-state index in [9.17, 15) is 14.7 Å². The summed E-state index contributed by atoms with van der Waals surface area (Å²) in [6.45, 7) is 0. The number of hydrogen-bond donors (Lipinski definition) is 2. The first-order valence-corrected chi connectivity index (χ1v) is 12.1. The fourth-order valence-electron chi connectivity index (χ4n) is 3.83. The third kappa shape index (κ3) is 6.17. The number of aryl methyl sites for hydroxylation is 1. The number of carbonyl (C=O) groups excluding carboxylic acids is 1. The minimum absolute atomic E-state index is 0.0163. The van der Waals surface area contributed by atoms with Crippen LogP contribution in [0.4, 0.5) is 0 Å². The highest BCUT2D eigenvalue weighted by atomic mass is 32.1. The number of thiazole rings is 1. The van der Waals surface area contributed by atoms with Crippen molar-refractivity contribution in [3.05, 3.63) is 113 Å². The lowest BCUT2D eigenvalue weighted by Crippen LogP contribution is -2.30. The zero-order chi connectivity index (χ0) is 23.8. The SMILES string of the molecule is O=C(CCCc1ccccc1)NC(Cc1ccccc1)c1nc(C(=O)O)c(-c2ccccc2)s1. The van der Waals surface area contributed by atoms with E-state index in [2.05, 4.69) is 22.4 Å². The molecule has 5 nitrogen and oxygen atoms in total. The van der Waals surface area contributed by atoms with Crippen LogP contribution in [0.15, 0.2) is 91.0 Å². The number of nitrogens with one attached hydrogen (secondary N) is 1. The zero-order valence-corrected chi connectivity index (χ0v) is 19.5. The Morgan fingerprint density at radius 3 is 2.06 bits per heavy atom. The molecule has 0 aliphatic heterocycles. The van der Waals surface area contributed by atoms with Gasteiger partial charge >= 0.3 is 5.97 Å². The van der Waals surface area contributed by atoms with Gasteiger partial charge in [0.05, 0.1) is 10.9 Å². The minimum atomic E-state index is -1.07. The monoisotopic (exact) mass is 470 g/mol. The van der Waals surface area contributed by atoms with Gasteiger partial charge in [0.2, 0.25) is 5.91 Å². The Morgan fingerprint density at radius 2 is 1.44 bits per heavy atom. The number of amides is 1. The largest absolute Gasteiger partial charge is 0.476 e. The van der Waals surface area contributed by atoms with Crippen molar-refractivity contribution in [3.63, 3.8) is 0 Å². The zero-order valence-electron chi connectivity index (χ0n) is 18.7. The molecule has 0 aliphatic carbocycles. The summed E-state index contributed by atoms with van der Waals surface area (Å²) >= 11 is 1.32. The van der Waals surface area contributed by atoms with Gasteiger partial charge in [-0.2, -0.15) is 0 Å². The van der Waals surface area contributed by atoms with E-state index >= 15 is 0 Å². The molecule has 2 N–H and O–H groups in total. The van der Waals surface area contributed by atoms with E-state index in [4.69, 9.17) is 0 Å². The summed E-state index contributed by atoms with van der Waals surface area (Å²) in [5, 5.41) is 13.5. The highest BCUT2D eigenvalue weighted by molar-refractivity contribution is 7.15. The van der Waals surface area contributed by atoms with E-state index in [0.29, 0.717) is 22.7 Å². The van der Waals surface area contributed by atoms with Gasteiger partial charge in [0.25, 0.3) is 0 Å². The number of aromatic carboxylic acids is 1. The van der Waals surface area contributed by atoms with Crippen LogP contribution in [-0.2, 0) is 17.6 Å². The second-order valence-electron chi connectivity index (χ2n) is 8.05. The number of carbonyl (C=O) groups is 2. The number of rotatable bonds is 10. The van der Waals surface area contributed by atoms with Crippen molar-refractivity contribution >= 4 is 23.2 Å². The molecule has 0 saturated carbocycles. The Balaban J connectivity index is 1.55. The van der Waals surface area contributed by atoms with Crippen LogP contribution in [0, 0.1) is 0 Å².